The van der Waals surface area contributed by atoms with Crippen molar-refractivity contribution in [2.45, 2.75) is 26.3 Å². The van der Waals surface area contributed by atoms with Crippen LogP contribution in [0.5, 0.6) is 0 Å². The van der Waals surface area contributed by atoms with E-state index in [1.54, 1.807) is 0 Å². The zero-order valence-electron chi connectivity index (χ0n) is 8.52. The van der Waals surface area contributed by atoms with Crippen molar-refractivity contribution < 1.29 is 19.2 Å². The van der Waals surface area contributed by atoms with Crippen molar-refractivity contribution in [2.75, 3.05) is 0 Å². The number of hydrogen-bond acceptors (Lipinski definition) is 4. The van der Waals surface area contributed by atoms with Crippen LogP contribution in [-0.2, 0) is 19.2 Å². The number of carbonyl (C=O) groups is 4. The van der Waals surface area contributed by atoms with Crippen LogP contribution in [0.25, 0.3) is 0 Å². The van der Waals surface area contributed by atoms with E-state index < -0.39 is 17.9 Å². The van der Waals surface area contributed by atoms with Gasteiger partial charge in [-0.2, -0.15) is 0 Å². The molecule has 1 rings (SSSR count). The first-order valence-electron chi connectivity index (χ1n) is 4.48. The van der Waals surface area contributed by atoms with Gasteiger partial charge in [-0.1, -0.05) is 0 Å². The van der Waals surface area contributed by atoms with Crippen LogP contribution in [0.3, 0.4) is 0 Å². The third kappa shape index (κ3) is 2.37. The first kappa shape index (κ1) is 11.3. The number of rotatable bonds is 4. The van der Waals surface area contributed by atoms with Gasteiger partial charge in [-0.05, 0) is 13.8 Å². The lowest BCUT2D eigenvalue weighted by Gasteiger charge is -2.22. The molecule has 80 valence electrons. The van der Waals surface area contributed by atoms with E-state index in [1.165, 1.54) is 13.8 Å². The Morgan fingerprint density at radius 1 is 1.20 bits per heavy atom. The monoisotopic (exact) mass is 209 g/mol. The molecular formula is C10H11NO4. The first-order chi connectivity index (χ1) is 6.93. The van der Waals surface area contributed by atoms with E-state index in [-0.39, 0.29) is 18.0 Å². The van der Waals surface area contributed by atoms with Gasteiger partial charge in [0.1, 0.15) is 11.8 Å². The minimum absolute atomic E-state index is 0.117. The summed E-state index contributed by atoms with van der Waals surface area (Å²) in [6.07, 6.45) is 2.07. The van der Waals surface area contributed by atoms with E-state index >= 15 is 0 Å². The average molecular weight is 209 g/mol. The van der Waals surface area contributed by atoms with Gasteiger partial charge in [0.2, 0.25) is 0 Å². The standard InChI is InChI=1S/C10H11NO4/c1-6(12)5-8(7(2)13)11-9(14)3-4-10(11)15/h3-4,8H,5H2,1-2H3. The lowest BCUT2D eigenvalue weighted by Crippen LogP contribution is -2.45. The maximum atomic E-state index is 11.3. The molecule has 1 heterocycles. The van der Waals surface area contributed by atoms with Crippen molar-refractivity contribution in [1.82, 2.24) is 4.90 Å². The fourth-order valence-corrected chi connectivity index (χ4v) is 1.41. The molecule has 2 amide bonds. The minimum atomic E-state index is -0.961. The second kappa shape index (κ2) is 4.16. The fraction of sp³-hybridized carbons (Fsp3) is 0.400. The molecule has 5 heteroatoms. The zero-order chi connectivity index (χ0) is 11.6. The normalized spacial score (nSPS) is 17.1. The second-order valence-corrected chi connectivity index (χ2v) is 3.41. The van der Waals surface area contributed by atoms with Gasteiger partial charge < -0.3 is 0 Å². The van der Waals surface area contributed by atoms with Crippen LogP contribution < -0.4 is 0 Å². The van der Waals surface area contributed by atoms with Gasteiger partial charge in [-0.15, -0.1) is 0 Å². The molecule has 0 aliphatic carbocycles. The van der Waals surface area contributed by atoms with Gasteiger partial charge in [0.05, 0.1) is 0 Å². The Morgan fingerprint density at radius 2 is 1.67 bits per heavy atom. The highest BCUT2D eigenvalue weighted by Crippen LogP contribution is 2.13. The molecule has 0 aromatic heterocycles. The Kier molecular flexibility index (Phi) is 3.14. The molecule has 0 aromatic rings. The van der Waals surface area contributed by atoms with Crippen LogP contribution in [0.2, 0.25) is 0 Å². The van der Waals surface area contributed by atoms with E-state index in [9.17, 15) is 19.2 Å². The maximum absolute atomic E-state index is 11.3. The van der Waals surface area contributed by atoms with E-state index in [1.807, 2.05) is 0 Å². The number of Topliss-reactive ketones (excluding diaryl/α,β-unsaturated/α-hetero) is 2. The molecule has 1 aliphatic rings. The predicted octanol–water partition coefficient (Wildman–Crippen LogP) is -0.152. The Morgan fingerprint density at radius 3 is 2.00 bits per heavy atom. The third-order valence-corrected chi connectivity index (χ3v) is 2.11. The van der Waals surface area contributed by atoms with Crippen molar-refractivity contribution in [2.24, 2.45) is 0 Å². The van der Waals surface area contributed by atoms with E-state index in [0.717, 1.165) is 17.1 Å². The summed E-state index contributed by atoms with van der Waals surface area (Å²) in [5, 5.41) is 0. The number of imide groups is 1. The summed E-state index contributed by atoms with van der Waals surface area (Å²) < 4.78 is 0. The van der Waals surface area contributed by atoms with Crippen LogP contribution in [0.15, 0.2) is 12.2 Å². The summed E-state index contributed by atoms with van der Waals surface area (Å²) in [5.74, 6) is -1.68. The van der Waals surface area contributed by atoms with Crippen molar-refractivity contribution in [3.8, 4) is 0 Å². The third-order valence-electron chi connectivity index (χ3n) is 2.11. The molecule has 0 fully saturated rings. The Bertz CT molecular complexity index is 352. The Hall–Kier alpha value is -1.78. The summed E-state index contributed by atoms with van der Waals surface area (Å²) in [4.78, 5) is 45.5. The molecule has 5 nitrogen and oxygen atoms in total. The van der Waals surface area contributed by atoms with Gasteiger partial charge in [0, 0.05) is 18.6 Å². The molecule has 0 radical (unpaired) electrons. The van der Waals surface area contributed by atoms with Crippen molar-refractivity contribution in [1.29, 1.82) is 0 Å². The maximum Gasteiger partial charge on any atom is 0.254 e. The fourth-order valence-electron chi connectivity index (χ4n) is 1.41. The SMILES string of the molecule is CC(=O)CC(C(C)=O)N1C(=O)C=CC1=O. The molecular weight excluding hydrogens is 198 g/mol. The second-order valence-electron chi connectivity index (χ2n) is 3.41. The van der Waals surface area contributed by atoms with Gasteiger partial charge in [0.25, 0.3) is 11.8 Å². The average Bonchev–Trinajstić information content (AvgIpc) is 2.42. The number of amides is 2. The molecule has 1 unspecified atom stereocenters. The van der Waals surface area contributed by atoms with Gasteiger partial charge >= 0.3 is 0 Å². The molecule has 0 saturated heterocycles. The van der Waals surface area contributed by atoms with Crippen LogP contribution in [0, 0.1) is 0 Å². The van der Waals surface area contributed by atoms with Crippen LogP contribution >= 0.6 is 0 Å². The summed E-state index contributed by atoms with van der Waals surface area (Å²) in [6.45, 7) is 2.57. The summed E-state index contributed by atoms with van der Waals surface area (Å²) in [7, 11) is 0. The highest BCUT2D eigenvalue weighted by Gasteiger charge is 2.34. The summed E-state index contributed by atoms with van der Waals surface area (Å²) in [6, 6.07) is -0.961. The number of ketones is 2. The van der Waals surface area contributed by atoms with E-state index in [0.29, 0.717) is 0 Å². The predicted molar refractivity (Wildman–Crippen MR) is 50.8 cm³/mol. The topological polar surface area (TPSA) is 71.5 Å². The molecule has 0 bridgehead atoms. The molecule has 0 saturated carbocycles. The quantitative estimate of drug-likeness (QED) is 0.603. The van der Waals surface area contributed by atoms with E-state index in [4.69, 9.17) is 0 Å². The lowest BCUT2D eigenvalue weighted by molar-refractivity contribution is -0.145. The minimum Gasteiger partial charge on any atom is -0.300 e. The van der Waals surface area contributed by atoms with Crippen molar-refractivity contribution in [3.05, 3.63) is 12.2 Å². The van der Waals surface area contributed by atoms with Gasteiger partial charge in [0.15, 0.2) is 5.78 Å². The largest absolute Gasteiger partial charge is 0.300 e. The zero-order valence-corrected chi connectivity index (χ0v) is 8.52. The molecule has 15 heavy (non-hydrogen) atoms. The molecule has 1 atom stereocenters. The van der Waals surface area contributed by atoms with Crippen LogP contribution in [0.4, 0.5) is 0 Å². The highest BCUT2D eigenvalue weighted by atomic mass is 16.2. The molecule has 0 N–H and O–H groups in total. The molecule has 1 aliphatic heterocycles. The number of nitrogens with zero attached hydrogens (tertiary/aromatic N) is 1. The van der Waals surface area contributed by atoms with Gasteiger partial charge in [-0.3, -0.25) is 24.1 Å². The first-order valence-corrected chi connectivity index (χ1v) is 4.48. The number of carbonyl (C=O) groups excluding carboxylic acids is 4. The highest BCUT2D eigenvalue weighted by molar-refractivity contribution is 6.15. The van der Waals surface area contributed by atoms with E-state index in [2.05, 4.69) is 0 Å². The molecule has 0 spiro atoms. The van der Waals surface area contributed by atoms with Crippen molar-refractivity contribution in [3.63, 3.8) is 0 Å². The van der Waals surface area contributed by atoms with Crippen molar-refractivity contribution >= 4 is 23.4 Å². The Labute approximate surface area is 86.7 Å². The number of hydrogen-bond donors (Lipinski definition) is 0. The lowest BCUT2D eigenvalue weighted by atomic mass is 10.1. The smallest absolute Gasteiger partial charge is 0.254 e. The van der Waals surface area contributed by atoms with Crippen LogP contribution in [0.1, 0.15) is 20.3 Å². The van der Waals surface area contributed by atoms with Gasteiger partial charge in [-0.25, -0.2) is 0 Å². The Balaban J connectivity index is 2.90. The summed E-state index contributed by atoms with van der Waals surface area (Å²) >= 11 is 0. The summed E-state index contributed by atoms with van der Waals surface area (Å²) in [5.41, 5.74) is 0. The van der Waals surface area contributed by atoms with Crippen LogP contribution in [-0.4, -0.2) is 34.3 Å². The molecule has 0 aromatic carbocycles.